The molecular weight excluding hydrogens is 384 g/mol. The van der Waals surface area contributed by atoms with Gasteiger partial charge >= 0.3 is 5.97 Å². The number of esters is 1. The molecule has 0 bridgehead atoms. The molecular formula is C22H26N4O4. The zero-order valence-electron chi connectivity index (χ0n) is 17.5. The molecule has 2 aromatic heterocycles. The van der Waals surface area contributed by atoms with Gasteiger partial charge < -0.3 is 19.5 Å². The molecule has 0 saturated carbocycles. The van der Waals surface area contributed by atoms with Crippen molar-refractivity contribution in [3.63, 3.8) is 0 Å². The predicted octanol–water partition coefficient (Wildman–Crippen LogP) is 3.40. The van der Waals surface area contributed by atoms with Crippen LogP contribution in [0.25, 0.3) is 22.3 Å². The summed E-state index contributed by atoms with van der Waals surface area (Å²) in [5.74, 6) is -0.255. The molecule has 1 aliphatic rings. The van der Waals surface area contributed by atoms with Crippen molar-refractivity contribution in [1.29, 1.82) is 0 Å². The van der Waals surface area contributed by atoms with Crippen LogP contribution in [0, 0.1) is 0 Å². The summed E-state index contributed by atoms with van der Waals surface area (Å²) >= 11 is 0. The van der Waals surface area contributed by atoms with Crippen molar-refractivity contribution in [3.8, 4) is 17.0 Å². The van der Waals surface area contributed by atoms with Gasteiger partial charge in [-0.25, -0.2) is 14.5 Å². The lowest BCUT2D eigenvalue weighted by molar-refractivity contribution is 0.0526. The lowest BCUT2D eigenvalue weighted by atomic mass is 10.0. The quantitative estimate of drug-likeness (QED) is 0.645. The molecule has 4 rings (SSSR count). The van der Waals surface area contributed by atoms with E-state index < -0.39 is 5.97 Å². The molecule has 0 unspecified atom stereocenters. The normalized spacial score (nSPS) is 14.5. The standard InChI is InChI=1S/C22H26N4O4/c1-4-30-22(28)17-13-23-21-18(20(17)25-8-10-29-11-9-25)19(24-26(21)14(2)3)15-6-5-7-16(27)12-15/h5-7,12-14,27H,4,8-11H2,1-3H3. The van der Waals surface area contributed by atoms with Gasteiger partial charge in [0.2, 0.25) is 0 Å². The van der Waals surface area contributed by atoms with Crippen LogP contribution in [-0.2, 0) is 9.47 Å². The maximum absolute atomic E-state index is 12.8. The van der Waals surface area contributed by atoms with Crippen LogP contribution in [0.5, 0.6) is 5.75 Å². The summed E-state index contributed by atoms with van der Waals surface area (Å²) in [6.45, 7) is 8.59. The summed E-state index contributed by atoms with van der Waals surface area (Å²) in [5.41, 5.74) is 3.30. The Labute approximate surface area is 175 Å². The number of hydrogen-bond acceptors (Lipinski definition) is 7. The number of aromatic hydroxyl groups is 1. The first kappa shape index (κ1) is 20.2. The number of rotatable bonds is 5. The third kappa shape index (κ3) is 3.59. The van der Waals surface area contributed by atoms with E-state index in [-0.39, 0.29) is 18.4 Å². The smallest absolute Gasteiger partial charge is 0.341 e. The first-order valence-corrected chi connectivity index (χ1v) is 10.2. The zero-order valence-corrected chi connectivity index (χ0v) is 17.5. The van der Waals surface area contributed by atoms with E-state index in [0.717, 1.165) is 16.6 Å². The third-order valence-electron chi connectivity index (χ3n) is 5.12. The Bertz CT molecular complexity index is 1070. The number of anilines is 1. The average molecular weight is 410 g/mol. The summed E-state index contributed by atoms with van der Waals surface area (Å²) in [5, 5.41) is 15.7. The summed E-state index contributed by atoms with van der Waals surface area (Å²) in [6, 6.07) is 7.04. The van der Waals surface area contributed by atoms with Crippen LogP contribution in [0.2, 0.25) is 0 Å². The molecule has 3 heterocycles. The van der Waals surface area contributed by atoms with Crippen molar-refractivity contribution in [2.45, 2.75) is 26.8 Å². The highest BCUT2D eigenvalue weighted by molar-refractivity contribution is 6.09. The first-order chi connectivity index (χ1) is 14.5. The number of ether oxygens (including phenoxy) is 2. The van der Waals surface area contributed by atoms with Crippen LogP contribution < -0.4 is 4.90 Å². The number of benzene rings is 1. The summed E-state index contributed by atoms with van der Waals surface area (Å²) in [4.78, 5) is 19.6. The number of morpholine rings is 1. The number of fused-ring (bicyclic) bond motifs is 1. The van der Waals surface area contributed by atoms with E-state index in [1.54, 1.807) is 31.3 Å². The maximum Gasteiger partial charge on any atom is 0.341 e. The molecule has 1 N–H and O–H groups in total. The minimum Gasteiger partial charge on any atom is -0.508 e. The van der Waals surface area contributed by atoms with E-state index >= 15 is 0 Å². The van der Waals surface area contributed by atoms with E-state index in [4.69, 9.17) is 14.6 Å². The van der Waals surface area contributed by atoms with Crippen LogP contribution >= 0.6 is 0 Å². The van der Waals surface area contributed by atoms with Crippen molar-refractivity contribution in [3.05, 3.63) is 36.0 Å². The Morgan fingerprint density at radius 3 is 2.73 bits per heavy atom. The molecule has 0 radical (unpaired) electrons. The van der Waals surface area contributed by atoms with Crippen molar-refractivity contribution in [1.82, 2.24) is 14.8 Å². The predicted molar refractivity (Wildman–Crippen MR) is 114 cm³/mol. The van der Waals surface area contributed by atoms with Crippen molar-refractivity contribution >= 4 is 22.7 Å². The van der Waals surface area contributed by atoms with Gasteiger partial charge in [0, 0.05) is 30.9 Å². The lowest BCUT2D eigenvalue weighted by Crippen LogP contribution is -2.37. The first-order valence-electron chi connectivity index (χ1n) is 10.2. The fraction of sp³-hybridized carbons (Fsp3) is 0.409. The summed E-state index contributed by atoms with van der Waals surface area (Å²) < 4.78 is 12.7. The van der Waals surface area contributed by atoms with E-state index in [1.165, 1.54) is 0 Å². The number of hydrogen-bond donors (Lipinski definition) is 1. The fourth-order valence-corrected chi connectivity index (χ4v) is 3.78. The van der Waals surface area contributed by atoms with Gasteiger partial charge in [0.1, 0.15) is 17.0 Å². The van der Waals surface area contributed by atoms with Gasteiger partial charge in [0.05, 0.1) is 30.9 Å². The minimum absolute atomic E-state index is 0.0667. The molecule has 0 aliphatic carbocycles. The van der Waals surface area contributed by atoms with E-state index in [0.29, 0.717) is 43.2 Å². The second-order valence-electron chi connectivity index (χ2n) is 7.48. The molecule has 8 heteroatoms. The molecule has 30 heavy (non-hydrogen) atoms. The van der Waals surface area contributed by atoms with Crippen LogP contribution in [0.15, 0.2) is 30.5 Å². The number of nitrogens with zero attached hydrogens (tertiary/aromatic N) is 4. The molecule has 158 valence electrons. The molecule has 1 aliphatic heterocycles. The largest absolute Gasteiger partial charge is 0.508 e. The van der Waals surface area contributed by atoms with Gasteiger partial charge in [0.25, 0.3) is 0 Å². The lowest BCUT2D eigenvalue weighted by Gasteiger charge is -2.30. The summed E-state index contributed by atoms with van der Waals surface area (Å²) in [7, 11) is 0. The maximum atomic E-state index is 12.8. The molecule has 1 aromatic carbocycles. The van der Waals surface area contributed by atoms with Gasteiger partial charge in [-0.05, 0) is 32.9 Å². The molecule has 0 amide bonds. The Morgan fingerprint density at radius 1 is 1.30 bits per heavy atom. The van der Waals surface area contributed by atoms with E-state index in [9.17, 15) is 9.90 Å². The van der Waals surface area contributed by atoms with Crippen LogP contribution in [0.4, 0.5) is 5.69 Å². The van der Waals surface area contributed by atoms with Gasteiger partial charge in [-0.1, -0.05) is 12.1 Å². The topological polar surface area (TPSA) is 89.7 Å². The third-order valence-corrected chi connectivity index (χ3v) is 5.12. The van der Waals surface area contributed by atoms with Crippen LogP contribution in [0.1, 0.15) is 37.2 Å². The zero-order chi connectivity index (χ0) is 21.3. The van der Waals surface area contributed by atoms with E-state index in [2.05, 4.69) is 9.88 Å². The number of carbonyl (C=O) groups is 1. The number of phenolic OH excluding ortho intramolecular Hbond substituents is 1. The number of phenols is 1. The minimum atomic E-state index is -0.410. The molecule has 0 spiro atoms. The van der Waals surface area contributed by atoms with Crippen LogP contribution in [0.3, 0.4) is 0 Å². The highest BCUT2D eigenvalue weighted by atomic mass is 16.5. The van der Waals surface area contributed by atoms with Gasteiger partial charge in [0.15, 0.2) is 5.65 Å². The molecule has 1 fully saturated rings. The average Bonchev–Trinajstić information content (AvgIpc) is 3.14. The Hall–Kier alpha value is -3.13. The molecule has 1 saturated heterocycles. The monoisotopic (exact) mass is 410 g/mol. The van der Waals surface area contributed by atoms with Crippen molar-refractivity contribution in [2.24, 2.45) is 0 Å². The number of pyridine rings is 1. The Morgan fingerprint density at radius 2 is 2.07 bits per heavy atom. The van der Waals surface area contributed by atoms with Crippen molar-refractivity contribution in [2.75, 3.05) is 37.8 Å². The van der Waals surface area contributed by atoms with Crippen LogP contribution in [-0.4, -0.2) is 58.8 Å². The molecule has 8 nitrogen and oxygen atoms in total. The second kappa shape index (κ2) is 8.31. The van der Waals surface area contributed by atoms with E-state index in [1.807, 2.05) is 24.6 Å². The van der Waals surface area contributed by atoms with Gasteiger partial charge in [-0.3, -0.25) is 0 Å². The van der Waals surface area contributed by atoms with Gasteiger partial charge in [-0.15, -0.1) is 0 Å². The Kier molecular flexibility index (Phi) is 5.59. The van der Waals surface area contributed by atoms with Crippen molar-refractivity contribution < 1.29 is 19.4 Å². The highest BCUT2D eigenvalue weighted by Crippen LogP contribution is 2.39. The summed E-state index contributed by atoms with van der Waals surface area (Å²) in [6.07, 6.45) is 1.58. The number of carbonyl (C=O) groups excluding carboxylic acids is 1. The SMILES string of the molecule is CCOC(=O)c1cnc2c(c(-c3cccc(O)c3)nn2C(C)C)c1N1CCOCC1. The number of aromatic nitrogens is 3. The molecule has 0 atom stereocenters. The molecule has 3 aromatic rings. The highest BCUT2D eigenvalue weighted by Gasteiger charge is 2.28. The fourth-order valence-electron chi connectivity index (χ4n) is 3.78. The van der Waals surface area contributed by atoms with Gasteiger partial charge in [-0.2, -0.15) is 5.10 Å². The second-order valence-corrected chi connectivity index (χ2v) is 7.48. The Balaban J connectivity index is 2.05.